The van der Waals surface area contributed by atoms with Crippen LogP contribution in [0.3, 0.4) is 0 Å². The summed E-state index contributed by atoms with van der Waals surface area (Å²) in [5.74, 6) is -1.25. The van der Waals surface area contributed by atoms with Crippen molar-refractivity contribution in [2.75, 3.05) is 0 Å². The van der Waals surface area contributed by atoms with E-state index < -0.39 is 33.8 Å². The number of halogens is 3. The molecule has 6 aromatic rings. The Morgan fingerprint density at radius 3 is 1.46 bits per heavy atom. The number of hydrogen-bond acceptors (Lipinski definition) is 3. The Balaban J connectivity index is 1.69. The molecule has 0 N–H and O–H groups in total. The Morgan fingerprint density at radius 1 is 0.680 bits per heavy atom. The average Bonchev–Trinajstić information content (AvgIpc) is 3.42. The summed E-state index contributed by atoms with van der Waals surface area (Å²) in [5, 5.41) is 4.46. The van der Waals surface area contributed by atoms with Gasteiger partial charge in [0.2, 0.25) is 0 Å². The van der Waals surface area contributed by atoms with Gasteiger partial charge >= 0.3 is 6.18 Å². The van der Waals surface area contributed by atoms with E-state index in [1.807, 2.05) is 85.8 Å². The summed E-state index contributed by atoms with van der Waals surface area (Å²) < 4.78 is 45.8. The first-order valence-corrected chi connectivity index (χ1v) is 17.2. The van der Waals surface area contributed by atoms with E-state index in [1.165, 1.54) is 0 Å². The van der Waals surface area contributed by atoms with Gasteiger partial charge in [0, 0.05) is 22.4 Å². The van der Waals surface area contributed by atoms with Crippen molar-refractivity contribution in [3.05, 3.63) is 173 Å². The number of pyridine rings is 1. The van der Waals surface area contributed by atoms with Crippen LogP contribution in [0.1, 0.15) is 67.8 Å². The molecule has 0 bridgehead atoms. The molecule has 1 unspecified atom stereocenters. The molecule has 2 atom stereocenters. The van der Waals surface area contributed by atoms with Gasteiger partial charge in [0.15, 0.2) is 5.82 Å². The zero-order valence-corrected chi connectivity index (χ0v) is 29.0. The van der Waals surface area contributed by atoms with E-state index in [0.29, 0.717) is 12.1 Å². The minimum atomic E-state index is -4.76. The summed E-state index contributed by atoms with van der Waals surface area (Å²) in [7, 11) is 0. The monoisotopic (exact) mass is 670 g/mol. The molecule has 1 fully saturated rings. The fourth-order valence-corrected chi connectivity index (χ4v) is 9.83. The summed E-state index contributed by atoms with van der Waals surface area (Å²) in [4.78, 5) is 8.83. The molecule has 0 radical (unpaired) electrons. The first kappa shape index (κ1) is 33.5. The molecule has 50 heavy (non-hydrogen) atoms. The van der Waals surface area contributed by atoms with Gasteiger partial charge in [0.05, 0.1) is 5.54 Å². The van der Waals surface area contributed by atoms with E-state index in [2.05, 4.69) is 91.3 Å². The number of benzene rings is 4. The first-order valence-electron chi connectivity index (χ1n) is 17.2. The number of alkyl halides is 3. The number of hydrogen-bond donors (Lipinski definition) is 0. The fraction of sp³-hybridized carbons (Fsp3) is 0.279. The second kappa shape index (κ2) is 12.1. The molecule has 2 heterocycles. The Morgan fingerprint density at radius 2 is 1.10 bits per heavy atom. The van der Waals surface area contributed by atoms with Gasteiger partial charge in [0.25, 0.3) is 5.82 Å². The number of aromatic nitrogens is 4. The van der Waals surface area contributed by atoms with Crippen LogP contribution in [0.2, 0.25) is 0 Å². The summed E-state index contributed by atoms with van der Waals surface area (Å²) >= 11 is 0. The highest BCUT2D eigenvalue weighted by atomic mass is 19.4. The lowest BCUT2D eigenvalue weighted by Crippen LogP contribution is -2.54. The van der Waals surface area contributed by atoms with Crippen molar-refractivity contribution in [2.24, 2.45) is 11.3 Å². The molecular formula is C43H41F3N4. The maximum Gasteiger partial charge on any atom is 0.453 e. The van der Waals surface area contributed by atoms with E-state index in [0.717, 1.165) is 27.8 Å². The predicted molar refractivity (Wildman–Crippen MR) is 192 cm³/mol. The molecule has 7 rings (SSSR count). The van der Waals surface area contributed by atoms with Crippen LogP contribution in [0.25, 0.3) is 11.5 Å². The SMILES string of the molecule is CC[C@@H]1C(C)(n2nc(C(F)(F)F)nc2-c2cc(C)ccn2)C1(C(C)(c1ccccc1)c1ccccc1)C(C)(c1ccccc1)c1ccccc1. The lowest BCUT2D eigenvalue weighted by atomic mass is 9.49. The highest BCUT2D eigenvalue weighted by molar-refractivity contribution is 5.60. The lowest BCUT2D eigenvalue weighted by molar-refractivity contribution is -0.145. The van der Waals surface area contributed by atoms with Crippen LogP contribution in [0.5, 0.6) is 0 Å². The lowest BCUT2D eigenvalue weighted by Gasteiger charge is -2.53. The van der Waals surface area contributed by atoms with Crippen molar-refractivity contribution in [3.63, 3.8) is 0 Å². The van der Waals surface area contributed by atoms with E-state index in [9.17, 15) is 13.2 Å². The zero-order chi connectivity index (χ0) is 35.4. The molecule has 1 aliphatic rings. The van der Waals surface area contributed by atoms with Crippen LogP contribution in [-0.4, -0.2) is 19.7 Å². The standard InChI is InChI=1S/C43H41F3N4/c1-6-36-41(5,50-37(35-29-30(2)27-28-47-35)48-38(49-50)43(44,45)46)42(36,39(3,31-19-11-7-12-20-31)32-21-13-8-14-22-32)40(4,33-23-15-9-16-24-33)34-25-17-10-18-26-34/h7-29,36H,6H2,1-5H3/t36-,41?/m1/s1. The second-order valence-corrected chi connectivity index (χ2v) is 14.0. The topological polar surface area (TPSA) is 43.6 Å². The molecule has 0 aliphatic heterocycles. The summed E-state index contributed by atoms with van der Waals surface area (Å²) in [6.45, 7) is 10.7. The van der Waals surface area contributed by atoms with Gasteiger partial charge in [-0.3, -0.25) is 4.98 Å². The molecule has 254 valence electrons. The van der Waals surface area contributed by atoms with Crippen LogP contribution in [-0.2, 0) is 22.5 Å². The van der Waals surface area contributed by atoms with Crippen molar-refractivity contribution >= 4 is 0 Å². The Labute approximate surface area is 292 Å². The molecule has 1 aliphatic carbocycles. The molecule has 0 amide bonds. The van der Waals surface area contributed by atoms with Crippen molar-refractivity contribution in [1.82, 2.24) is 19.7 Å². The van der Waals surface area contributed by atoms with Crippen LogP contribution in [0.4, 0.5) is 13.2 Å². The minimum Gasteiger partial charge on any atom is -0.253 e. The largest absolute Gasteiger partial charge is 0.453 e. The van der Waals surface area contributed by atoms with Gasteiger partial charge in [-0.2, -0.15) is 13.2 Å². The molecule has 4 aromatic carbocycles. The van der Waals surface area contributed by atoms with Crippen LogP contribution in [0, 0.1) is 18.3 Å². The van der Waals surface area contributed by atoms with Gasteiger partial charge in [0.1, 0.15) is 5.69 Å². The molecule has 2 aromatic heterocycles. The van der Waals surface area contributed by atoms with Gasteiger partial charge in [-0.25, -0.2) is 9.67 Å². The third-order valence-electron chi connectivity index (χ3n) is 11.8. The summed E-state index contributed by atoms with van der Waals surface area (Å²) in [6, 6.07) is 45.3. The summed E-state index contributed by atoms with van der Waals surface area (Å²) in [5.41, 5.74) is 2.11. The molecule has 7 heteroatoms. The maximum absolute atomic E-state index is 14.7. The Bertz CT molecular complexity index is 1920. The van der Waals surface area contributed by atoms with Gasteiger partial charge < -0.3 is 0 Å². The third kappa shape index (κ3) is 4.62. The van der Waals surface area contributed by atoms with E-state index in [4.69, 9.17) is 0 Å². The van der Waals surface area contributed by atoms with Gasteiger partial charge in [-0.05, 0) is 59.7 Å². The molecule has 1 saturated carbocycles. The quantitative estimate of drug-likeness (QED) is 0.154. The normalized spacial score (nSPS) is 18.9. The molecule has 0 spiro atoms. The molecule has 0 saturated heterocycles. The maximum atomic E-state index is 14.7. The first-order chi connectivity index (χ1) is 24.0. The van der Waals surface area contributed by atoms with E-state index in [1.54, 1.807) is 16.9 Å². The summed E-state index contributed by atoms with van der Waals surface area (Å²) in [6.07, 6.45) is -2.47. The van der Waals surface area contributed by atoms with Crippen molar-refractivity contribution in [3.8, 4) is 11.5 Å². The highest BCUT2D eigenvalue weighted by Gasteiger charge is 2.87. The van der Waals surface area contributed by atoms with Crippen LogP contribution in [0.15, 0.2) is 140 Å². The average molecular weight is 671 g/mol. The van der Waals surface area contributed by atoms with E-state index >= 15 is 0 Å². The van der Waals surface area contributed by atoms with Crippen molar-refractivity contribution in [1.29, 1.82) is 0 Å². The van der Waals surface area contributed by atoms with Crippen LogP contribution >= 0.6 is 0 Å². The smallest absolute Gasteiger partial charge is 0.253 e. The minimum absolute atomic E-state index is 0.107. The highest BCUT2D eigenvalue weighted by Crippen LogP contribution is 2.84. The predicted octanol–water partition coefficient (Wildman–Crippen LogP) is 10.4. The number of nitrogens with zero attached hydrogens (tertiary/aromatic N) is 4. The number of rotatable bonds is 9. The van der Waals surface area contributed by atoms with Gasteiger partial charge in [-0.1, -0.05) is 149 Å². The Kier molecular flexibility index (Phi) is 8.08. The zero-order valence-electron chi connectivity index (χ0n) is 29.0. The van der Waals surface area contributed by atoms with Gasteiger partial charge in [-0.15, -0.1) is 5.10 Å². The number of aryl methyl sites for hydroxylation is 1. The van der Waals surface area contributed by atoms with Crippen molar-refractivity contribution in [2.45, 2.75) is 63.6 Å². The third-order valence-corrected chi connectivity index (χ3v) is 11.8. The van der Waals surface area contributed by atoms with E-state index in [-0.39, 0.29) is 11.7 Å². The molecular weight excluding hydrogens is 629 g/mol. The second-order valence-electron chi connectivity index (χ2n) is 14.0. The fourth-order valence-electron chi connectivity index (χ4n) is 9.83. The Hall–Kier alpha value is -5.04. The molecule has 4 nitrogen and oxygen atoms in total. The van der Waals surface area contributed by atoms with Crippen molar-refractivity contribution < 1.29 is 13.2 Å². The van der Waals surface area contributed by atoms with Crippen LogP contribution < -0.4 is 0 Å².